The molecule has 0 aliphatic rings. The van der Waals surface area contributed by atoms with Gasteiger partial charge in [-0.1, -0.05) is 30.8 Å². The molecule has 2 rings (SSSR count). The zero-order chi connectivity index (χ0) is 9.97. The van der Waals surface area contributed by atoms with Crippen LogP contribution in [0.1, 0.15) is 0 Å². The van der Waals surface area contributed by atoms with Crippen molar-refractivity contribution in [2.45, 2.75) is 5.03 Å². The Morgan fingerprint density at radius 3 is 2.47 bits per heavy atom. The molecular formula is C10H10ClN3S. The van der Waals surface area contributed by atoms with Gasteiger partial charge in [-0.3, -0.25) is 0 Å². The van der Waals surface area contributed by atoms with Crippen molar-refractivity contribution in [3.8, 4) is 5.69 Å². The number of hydrogen-bond acceptors (Lipinski definition) is 3. The first kappa shape index (κ1) is 11.8. The average Bonchev–Trinajstić information content (AvgIpc) is 2.19. The Kier molecular flexibility index (Phi) is 3.94. The van der Waals surface area contributed by atoms with Crippen LogP contribution in [0.3, 0.4) is 0 Å². The maximum atomic E-state index is 5.58. The zero-order valence-corrected chi connectivity index (χ0v) is 9.49. The maximum Gasteiger partial charge on any atom is 0.272 e. The summed E-state index contributed by atoms with van der Waals surface area (Å²) in [5.74, 6) is 0. The van der Waals surface area contributed by atoms with Crippen LogP contribution in [0.5, 0.6) is 0 Å². The van der Waals surface area contributed by atoms with Crippen LogP contribution in [0.15, 0.2) is 47.6 Å². The summed E-state index contributed by atoms with van der Waals surface area (Å²) in [5, 5.41) is 4.88. The van der Waals surface area contributed by atoms with Crippen molar-refractivity contribution < 1.29 is 17.1 Å². The number of para-hydroxylation sites is 1. The number of nitrogens with zero attached hydrogens (tertiary/aromatic N) is 2. The van der Waals surface area contributed by atoms with E-state index in [1.54, 1.807) is 16.9 Å². The van der Waals surface area contributed by atoms with Crippen molar-refractivity contribution in [3.05, 3.63) is 42.6 Å². The minimum atomic E-state index is 0. The summed E-state index contributed by atoms with van der Waals surface area (Å²) in [6.45, 7) is 0. The van der Waals surface area contributed by atoms with Gasteiger partial charge >= 0.3 is 0 Å². The van der Waals surface area contributed by atoms with Crippen LogP contribution in [0.2, 0.25) is 0 Å². The normalized spacial score (nSPS) is 9.40. The summed E-state index contributed by atoms with van der Waals surface area (Å²) < 4.78 is 1.72. The average molecular weight is 240 g/mol. The molecule has 0 amide bonds. The minimum Gasteiger partial charge on any atom is -1.00 e. The smallest absolute Gasteiger partial charge is 0.272 e. The number of nitrogen functional groups attached to an aromatic ring is 1. The predicted molar refractivity (Wildman–Crippen MR) is 57.4 cm³/mol. The number of anilines is 1. The zero-order valence-electron chi connectivity index (χ0n) is 7.84. The molecule has 3 nitrogen and oxygen atoms in total. The number of nitrogens with two attached hydrogens (primary N) is 1. The molecule has 0 atom stereocenters. The fourth-order valence-electron chi connectivity index (χ4n) is 1.20. The van der Waals surface area contributed by atoms with Gasteiger partial charge in [0, 0.05) is 23.3 Å². The van der Waals surface area contributed by atoms with E-state index in [1.165, 1.54) is 0 Å². The number of aromatic nitrogens is 2. The van der Waals surface area contributed by atoms with Gasteiger partial charge in [-0.2, -0.15) is 0 Å². The van der Waals surface area contributed by atoms with Gasteiger partial charge in [0.15, 0.2) is 0 Å². The molecule has 15 heavy (non-hydrogen) atoms. The molecule has 0 bridgehead atoms. The molecule has 5 heteroatoms. The second kappa shape index (κ2) is 5.00. The van der Waals surface area contributed by atoms with Crippen LogP contribution in [0, 0.1) is 0 Å². The van der Waals surface area contributed by atoms with Gasteiger partial charge in [0.2, 0.25) is 5.69 Å². The molecule has 0 saturated heterocycles. The van der Waals surface area contributed by atoms with Gasteiger partial charge in [-0.15, -0.1) is 0 Å². The molecule has 2 aromatic rings. The van der Waals surface area contributed by atoms with E-state index in [9.17, 15) is 0 Å². The number of benzene rings is 1. The monoisotopic (exact) mass is 239 g/mol. The first-order valence-corrected chi connectivity index (χ1v) is 4.64. The van der Waals surface area contributed by atoms with Crippen LogP contribution in [-0.2, 0) is 0 Å². The third-order valence-corrected chi connectivity index (χ3v) is 2.15. The Morgan fingerprint density at radius 1 is 1.20 bits per heavy atom. The highest BCUT2D eigenvalue weighted by atomic mass is 35.5. The van der Waals surface area contributed by atoms with Crippen LogP contribution in [-0.4, -0.2) is 5.10 Å². The number of thiol groups is 1. The Bertz CT molecular complexity index is 448. The van der Waals surface area contributed by atoms with Crippen molar-refractivity contribution in [2.24, 2.45) is 0 Å². The van der Waals surface area contributed by atoms with E-state index in [0.29, 0.717) is 5.69 Å². The van der Waals surface area contributed by atoms with Crippen LogP contribution < -0.4 is 22.8 Å². The van der Waals surface area contributed by atoms with Crippen LogP contribution in [0.25, 0.3) is 5.69 Å². The summed E-state index contributed by atoms with van der Waals surface area (Å²) in [7, 11) is 0. The van der Waals surface area contributed by atoms with Crippen molar-refractivity contribution in [1.82, 2.24) is 5.10 Å². The lowest BCUT2D eigenvalue weighted by atomic mass is 10.3. The molecule has 78 valence electrons. The maximum absolute atomic E-state index is 5.58. The Hall–Kier alpha value is -1.26. The molecule has 0 spiro atoms. The van der Waals surface area contributed by atoms with E-state index in [-0.39, 0.29) is 12.4 Å². The summed E-state index contributed by atoms with van der Waals surface area (Å²) >= 11 is 4.30. The van der Waals surface area contributed by atoms with Gasteiger partial charge < -0.3 is 18.1 Å². The SMILES string of the molecule is Nc1cn[n+](-c2ccccc2)c(S)c1.[Cl-]. The number of halogens is 1. The van der Waals surface area contributed by atoms with Gasteiger partial charge in [-0.05, 0) is 4.68 Å². The minimum absolute atomic E-state index is 0. The van der Waals surface area contributed by atoms with Gasteiger partial charge in [0.25, 0.3) is 5.03 Å². The molecule has 2 N–H and O–H groups in total. The molecule has 0 unspecified atom stereocenters. The van der Waals surface area contributed by atoms with E-state index in [4.69, 9.17) is 5.73 Å². The van der Waals surface area contributed by atoms with E-state index in [0.717, 1.165) is 10.7 Å². The summed E-state index contributed by atoms with van der Waals surface area (Å²) in [5.41, 5.74) is 7.16. The second-order valence-electron chi connectivity index (χ2n) is 2.89. The van der Waals surface area contributed by atoms with Crippen LogP contribution >= 0.6 is 12.6 Å². The molecule has 1 aromatic heterocycles. The van der Waals surface area contributed by atoms with E-state index in [1.807, 2.05) is 30.3 Å². The van der Waals surface area contributed by atoms with Crippen molar-refractivity contribution in [1.29, 1.82) is 0 Å². The summed E-state index contributed by atoms with van der Waals surface area (Å²) in [6.07, 6.45) is 1.60. The predicted octanol–water partition coefficient (Wildman–Crippen LogP) is -1.77. The summed E-state index contributed by atoms with van der Waals surface area (Å²) in [6, 6.07) is 11.6. The highest BCUT2D eigenvalue weighted by Crippen LogP contribution is 2.06. The highest BCUT2D eigenvalue weighted by Gasteiger charge is 2.11. The van der Waals surface area contributed by atoms with E-state index in [2.05, 4.69) is 17.7 Å². The van der Waals surface area contributed by atoms with Crippen molar-refractivity contribution >= 4 is 18.3 Å². The van der Waals surface area contributed by atoms with E-state index >= 15 is 0 Å². The Balaban J connectivity index is 0.00000112. The molecule has 0 aliphatic carbocycles. The third kappa shape index (κ3) is 2.61. The molecule has 0 fully saturated rings. The molecule has 0 radical (unpaired) electrons. The number of rotatable bonds is 1. The van der Waals surface area contributed by atoms with Gasteiger partial charge in [0.05, 0.1) is 5.69 Å². The molecular weight excluding hydrogens is 230 g/mol. The topological polar surface area (TPSA) is 42.8 Å². The first-order valence-electron chi connectivity index (χ1n) is 4.19. The lowest BCUT2D eigenvalue weighted by Gasteiger charge is -1.96. The quantitative estimate of drug-likeness (QED) is 0.457. The van der Waals surface area contributed by atoms with Gasteiger partial charge in [-0.25, -0.2) is 0 Å². The lowest BCUT2D eigenvalue weighted by molar-refractivity contribution is -0.696. The third-order valence-electron chi connectivity index (χ3n) is 1.84. The largest absolute Gasteiger partial charge is 1.00 e. The van der Waals surface area contributed by atoms with Crippen molar-refractivity contribution in [2.75, 3.05) is 5.73 Å². The summed E-state index contributed by atoms with van der Waals surface area (Å²) in [4.78, 5) is 0. The fraction of sp³-hybridized carbons (Fsp3) is 0. The standard InChI is InChI=1S/C10H9N3S.ClH/c11-8-6-10(14)13(12-7-8)9-4-2-1-3-5-9;/h1-7H,(H2,11,14);1H. The van der Waals surface area contributed by atoms with Gasteiger partial charge in [0.1, 0.15) is 6.20 Å². The van der Waals surface area contributed by atoms with E-state index < -0.39 is 0 Å². The molecule has 1 heterocycles. The lowest BCUT2D eigenvalue weighted by Crippen LogP contribution is -3.00. The fourth-order valence-corrected chi connectivity index (χ4v) is 1.52. The molecule has 0 saturated carbocycles. The van der Waals surface area contributed by atoms with Crippen molar-refractivity contribution in [3.63, 3.8) is 0 Å². The molecule has 0 aliphatic heterocycles. The van der Waals surface area contributed by atoms with Crippen LogP contribution in [0.4, 0.5) is 5.69 Å². The number of hydrogen-bond donors (Lipinski definition) is 2. The Labute approximate surface area is 99.8 Å². The highest BCUT2D eigenvalue weighted by molar-refractivity contribution is 7.80. The molecule has 1 aromatic carbocycles. The first-order chi connectivity index (χ1) is 6.77. The Morgan fingerprint density at radius 2 is 1.87 bits per heavy atom. The second-order valence-corrected chi connectivity index (χ2v) is 3.35.